The molecule has 7 heteroatoms. The van der Waals surface area contributed by atoms with Crippen molar-refractivity contribution in [1.82, 2.24) is 15.1 Å². The highest BCUT2D eigenvalue weighted by molar-refractivity contribution is 5.80. The molecule has 0 amide bonds. The first-order valence-corrected chi connectivity index (χ1v) is 11.5. The van der Waals surface area contributed by atoms with E-state index in [1.165, 1.54) is 6.42 Å². The predicted octanol–water partition coefficient (Wildman–Crippen LogP) is 2.79. The zero-order valence-electron chi connectivity index (χ0n) is 18.9. The second kappa shape index (κ2) is 11.5. The lowest BCUT2D eigenvalue weighted by Crippen LogP contribution is -2.42. The van der Waals surface area contributed by atoms with Crippen LogP contribution in [0.5, 0.6) is 0 Å². The maximum atomic E-state index is 14.6. The molecule has 1 atom stereocenters. The van der Waals surface area contributed by atoms with Gasteiger partial charge < -0.3 is 19.9 Å². The topological polar surface area (TPSA) is 43.3 Å². The van der Waals surface area contributed by atoms with Crippen LogP contribution in [0.1, 0.15) is 32.8 Å². The molecule has 6 nitrogen and oxygen atoms in total. The molecule has 0 aliphatic carbocycles. The number of halogens is 1. The minimum atomic E-state index is -0.164. The van der Waals surface area contributed by atoms with Crippen molar-refractivity contribution in [3.05, 3.63) is 29.6 Å². The van der Waals surface area contributed by atoms with E-state index >= 15 is 0 Å². The van der Waals surface area contributed by atoms with Gasteiger partial charge in [0.1, 0.15) is 5.82 Å². The average Bonchev–Trinajstić information content (AvgIpc) is 3.22. The number of benzene rings is 1. The van der Waals surface area contributed by atoms with Crippen LogP contribution in [0.2, 0.25) is 0 Å². The Morgan fingerprint density at radius 2 is 1.97 bits per heavy atom. The Morgan fingerprint density at radius 1 is 1.20 bits per heavy atom. The van der Waals surface area contributed by atoms with E-state index in [1.807, 2.05) is 30.9 Å². The summed E-state index contributed by atoms with van der Waals surface area (Å²) in [6, 6.07) is 5.51. The zero-order chi connectivity index (χ0) is 21.3. The van der Waals surface area contributed by atoms with Crippen molar-refractivity contribution in [1.29, 1.82) is 0 Å². The standard InChI is InChI=1S/C23H38FN5O/c1-4-25-23(29-10-9-20(18-29)17-27-11-13-30-14-12-27)26-16-19-7-8-22(21(24)15-19)28(5-2)6-3/h7-8,15,20H,4-6,9-14,16-18H2,1-3H3,(H,25,26). The Hall–Kier alpha value is -1.86. The van der Waals surface area contributed by atoms with E-state index in [-0.39, 0.29) is 5.82 Å². The van der Waals surface area contributed by atoms with Crippen LogP contribution < -0.4 is 10.2 Å². The van der Waals surface area contributed by atoms with E-state index in [4.69, 9.17) is 9.73 Å². The van der Waals surface area contributed by atoms with Crippen LogP contribution in [0.3, 0.4) is 0 Å². The number of aliphatic imine (C=N–C) groups is 1. The van der Waals surface area contributed by atoms with Gasteiger partial charge >= 0.3 is 0 Å². The van der Waals surface area contributed by atoms with E-state index < -0.39 is 0 Å². The van der Waals surface area contributed by atoms with Gasteiger partial charge in [-0.15, -0.1) is 0 Å². The second-order valence-corrected chi connectivity index (χ2v) is 8.14. The zero-order valence-corrected chi connectivity index (χ0v) is 18.9. The number of rotatable bonds is 8. The molecular formula is C23H38FN5O. The molecule has 1 aromatic carbocycles. The van der Waals surface area contributed by atoms with Gasteiger partial charge in [0.05, 0.1) is 25.4 Å². The van der Waals surface area contributed by atoms with Crippen molar-refractivity contribution in [2.24, 2.45) is 10.9 Å². The lowest BCUT2D eigenvalue weighted by molar-refractivity contribution is 0.0315. The molecule has 2 fully saturated rings. The van der Waals surface area contributed by atoms with Crippen molar-refractivity contribution in [3.8, 4) is 0 Å². The molecule has 3 rings (SSSR count). The highest BCUT2D eigenvalue weighted by atomic mass is 19.1. The quantitative estimate of drug-likeness (QED) is 0.519. The second-order valence-electron chi connectivity index (χ2n) is 8.14. The van der Waals surface area contributed by atoms with Crippen LogP contribution in [-0.4, -0.2) is 81.3 Å². The van der Waals surface area contributed by atoms with Gasteiger partial charge in [0, 0.05) is 52.4 Å². The van der Waals surface area contributed by atoms with Gasteiger partial charge in [0.25, 0.3) is 0 Å². The summed E-state index contributed by atoms with van der Waals surface area (Å²) in [5, 5.41) is 3.42. The predicted molar refractivity (Wildman–Crippen MR) is 122 cm³/mol. The van der Waals surface area contributed by atoms with Gasteiger partial charge in [-0.25, -0.2) is 9.38 Å². The summed E-state index contributed by atoms with van der Waals surface area (Å²) in [6.07, 6.45) is 1.19. The van der Waals surface area contributed by atoms with E-state index in [0.717, 1.165) is 77.1 Å². The van der Waals surface area contributed by atoms with Crippen LogP contribution in [-0.2, 0) is 11.3 Å². The molecule has 0 aromatic heterocycles. The van der Waals surface area contributed by atoms with Crippen LogP contribution in [0.15, 0.2) is 23.2 Å². The minimum Gasteiger partial charge on any atom is -0.379 e. The Balaban J connectivity index is 1.60. The first-order valence-electron chi connectivity index (χ1n) is 11.5. The average molecular weight is 420 g/mol. The molecule has 0 bridgehead atoms. The third-order valence-corrected chi connectivity index (χ3v) is 6.07. The van der Waals surface area contributed by atoms with Crippen molar-refractivity contribution in [2.45, 2.75) is 33.7 Å². The first kappa shape index (κ1) is 22.8. The van der Waals surface area contributed by atoms with Crippen LogP contribution >= 0.6 is 0 Å². The number of morpholine rings is 1. The van der Waals surface area contributed by atoms with Crippen molar-refractivity contribution >= 4 is 11.6 Å². The van der Waals surface area contributed by atoms with Gasteiger partial charge in [-0.1, -0.05) is 6.07 Å². The summed E-state index contributed by atoms with van der Waals surface area (Å²) in [6.45, 7) is 16.1. The highest BCUT2D eigenvalue weighted by Gasteiger charge is 2.27. The van der Waals surface area contributed by atoms with E-state index in [9.17, 15) is 4.39 Å². The van der Waals surface area contributed by atoms with Gasteiger partial charge in [0.15, 0.2) is 5.96 Å². The fraction of sp³-hybridized carbons (Fsp3) is 0.696. The van der Waals surface area contributed by atoms with E-state index in [0.29, 0.717) is 18.2 Å². The fourth-order valence-electron chi connectivity index (χ4n) is 4.38. The molecule has 0 spiro atoms. The van der Waals surface area contributed by atoms with E-state index in [1.54, 1.807) is 6.07 Å². The molecule has 168 valence electrons. The van der Waals surface area contributed by atoms with Gasteiger partial charge in [-0.2, -0.15) is 0 Å². The molecule has 1 N–H and O–H groups in total. The van der Waals surface area contributed by atoms with Crippen LogP contribution in [0.25, 0.3) is 0 Å². The molecular weight excluding hydrogens is 381 g/mol. The number of hydrogen-bond acceptors (Lipinski definition) is 4. The van der Waals surface area contributed by atoms with E-state index in [2.05, 4.69) is 22.0 Å². The number of nitrogens with one attached hydrogen (secondary N) is 1. The van der Waals surface area contributed by atoms with Crippen LogP contribution in [0.4, 0.5) is 10.1 Å². The molecule has 2 aliphatic rings. The summed E-state index contributed by atoms with van der Waals surface area (Å²) in [4.78, 5) is 11.7. The molecule has 1 aromatic rings. The lowest BCUT2D eigenvalue weighted by Gasteiger charge is -2.29. The van der Waals surface area contributed by atoms with Gasteiger partial charge in [-0.3, -0.25) is 4.90 Å². The van der Waals surface area contributed by atoms with Gasteiger partial charge in [0.2, 0.25) is 0 Å². The van der Waals surface area contributed by atoms with Crippen molar-refractivity contribution in [3.63, 3.8) is 0 Å². The minimum absolute atomic E-state index is 0.164. The molecule has 30 heavy (non-hydrogen) atoms. The summed E-state index contributed by atoms with van der Waals surface area (Å²) in [5.41, 5.74) is 1.58. The largest absolute Gasteiger partial charge is 0.379 e. The molecule has 0 saturated carbocycles. The SMILES string of the molecule is CCNC(=NCc1ccc(N(CC)CC)c(F)c1)N1CCC(CN2CCOCC2)C1. The summed E-state index contributed by atoms with van der Waals surface area (Å²) in [7, 11) is 0. The Morgan fingerprint density at radius 3 is 2.63 bits per heavy atom. The third-order valence-electron chi connectivity index (χ3n) is 6.07. The summed E-state index contributed by atoms with van der Waals surface area (Å²) >= 11 is 0. The summed E-state index contributed by atoms with van der Waals surface area (Å²) in [5.74, 6) is 1.44. The van der Waals surface area contributed by atoms with Crippen molar-refractivity contribution < 1.29 is 9.13 Å². The van der Waals surface area contributed by atoms with Gasteiger partial charge in [-0.05, 0) is 50.8 Å². The monoisotopic (exact) mass is 419 g/mol. The first-order chi connectivity index (χ1) is 14.6. The number of likely N-dealkylation sites (tertiary alicyclic amines) is 1. The summed E-state index contributed by atoms with van der Waals surface area (Å²) < 4.78 is 20.1. The number of ether oxygens (including phenoxy) is 1. The smallest absolute Gasteiger partial charge is 0.194 e. The third kappa shape index (κ3) is 6.08. The number of nitrogens with zero attached hydrogens (tertiary/aromatic N) is 4. The number of guanidine groups is 1. The maximum absolute atomic E-state index is 14.6. The Bertz CT molecular complexity index is 688. The molecule has 2 saturated heterocycles. The Labute approximate surface area is 181 Å². The maximum Gasteiger partial charge on any atom is 0.194 e. The molecule has 2 aliphatic heterocycles. The Kier molecular flexibility index (Phi) is 8.75. The molecule has 0 radical (unpaired) electrons. The lowest BCUT2D eigenvalue weighted by atomic mass is 10.1. The fourth-order valence-corrected chi connectivity index (χ4v) is 4.38. The van der Waals surface area contributed by atoms with Crippen LogP contribution in [0, 0.1) is 11.7 Å². The normalized spacial score (nSPS) is 20.6. The number of hydrogen-bond donors (Lipinski definition) is 1. The molecule has 2 heterocycles. The highest BCUT2D eigenvalue weighted by Crippen LogP contribution is 2.22. The number of anilines is 1. The molecule has 1 unspecified atom stereocenters. The van der Waals surface area contributed by atoms with Crippen molar-refractivity contribution in [2.75, 3.05) is 70.5 Å².